The van der Waals surface area contributed by atoms with E-state index < -0.39 is 29.0 Å². The van der Waals surface area contributed by atoms with E-state index in [-0.39, 0.29) is 40.8 Å². The molecule has 0 aromatic heterocycles. The Kier molecular flexibility index (Phi) is 23.0. The molecule has 0 bridgehead atoms. The van der Waals surface area contributed by atoms with Crippen molar-refractivity contribution in [2.75, 3.05) is 22.6 Å². The third kappa shape index (κ3) is 15.7. The van der Waals surface area contributed by atoms with Gasteiger partial charge in [0.2, 0.25) is 0 Å². The Hall–Kier alpha value is 0.160. The Morgan fingerprint density at radius 2 is 1.26 bits per heavy atom. The molecule has 0 saturated heterocycles. The molecule has 3 nitrogen and oxygen atoms in total. The maximum absolute atomic E-state index is 12.8. The first-order valence-corrected chi connectivity index (χ1v) is 10.1. The van der Waals surface area contributed by atoms with Gasteiger partial charge in [-0.2, -0.15) is 0 Å². The second-order valence-electron chi connectivity index (χ2n) is 4.09. The second kappa shape index (κ2) is 19.5. The predicted octanol–water partition coefficient (Wildman–Crippen LogP) is 3.01. The van der Waals surface area contributed by atoms with Crippen molar-refractivity contribution < 1.29 is 62.4 Å². The van der Waals surface area contributed by atoms with Crippen molar-refractivity contribution in [3.63, 3.8) is 0 Å². The molecule has 0 radical (unpaired) electrons. The van der Waals surface area contributed by atoms with Gasteiger partial charge in [0, 0.05) is 28.1 Å². The molecule has 0 heterocycles. The monoisotopic (exact) mass is 592 g/mol. The molecule has 2 aromatic rings. The van der Waals surface area contributed by atoms with Crippen molar-refractivity contribution in [3.05, 3.63) is 59.7 Å². The average molecular weight is 595 g/mol. The van der Waals surface area contributed by atoms with Gasteiger partial charge in [0.1, 0.15) is 11.6 Å². The number of rotatable bonds is 4. The summed E-state index contributed by atoms with van der Waals surface area (Å²) in [6.07, 6.45) is 0. The third-order valence-corrected chi connectivity index (χ3v) is 4.39. The van der Waals surface area contributed by atoms with Crippen LogP contribution in [-0.2, 0) is 0 Å². The van der Waals surface area contributed by atoms with Gasteiger partial charge in [0.15, 0.2) is 23.1 Å². The van der Waals surface area contributed by atoms with Crippen LogP contribution in [0.15, 0.2) is 36.4 Å². The van der Waals surface area contributed by atoms with Crippen molar-refractivity contribution in [2.45, 2.75) is 0 Å². The molecule has 0 aliphatic rings. The van der Waals surface area contributed by atoms with Crippen LogP contribution in [0.1, 0.15) is 0 Å². The maximum Gasteiger partial charge on any atom is 1.00 e. The molecule has 2 aromatic carbocycles. The summed E-state index contributed by atoms with van der Waals surface area (Å²) >= 11 is 9.51. The van der Waals surface area contributed by atoms with E-state index >= 15 is 0 Å². The number of hydrogen-bond acceptors (Lipinski definition) is 3. The molecule has 0 fully saturated rings. The minimum absolute atomic E-state index is 0. The van der Waals surface area contributed by atoms with Gasteiger partial charge in [0.25, 0.3) is 0 Å². The fourth-order valence-electron chi connectivity index (χ4n) is 1.22. The molecule has 0 saturated carbocycles. The van der Waals surface area contributed by atoms with Crippen molar-refractivity contribution in [3.8, 4) is 11.5 Å². The predicted molar refractivity (Wildman–Crippen MR) is 103 cm³/mol. The van der Waals surface area contributed by atoms with Crippen LogP contribution in [0, 0.1) is 23.3 Å². The zero-order valence-electron chi connectivity index (χ0n) is 14.2. The van der Waals surface area contributed by atoms with Gasteiger partial charge in [-0.05, 0) is 24.3 Å². The number of aromatic hydroxyl groups is 1. The second-order valence-corrected chi connectivity index (χ2v) is 6.46. The molecule has 2 N–H and O–H groups in total. The van der Waals surface area contributed by atoms with Gasteiger partial charge in [-0.25, -0.2) is 17.6 Å². The van der Waals surface area contributed by atoms with E-state index in [4.69, 9.17) is 9.84 Å². The van der Waals surface area contributed by atoms with E-state index in [1.54, 1.807) is 0 Å². The molecule has 27 heavy (non-hydrogen) atoms. The third-order valence-electron chi connectivity index (χ3n) is 2.21. The van der Waals surface area contributed by atoms with E-state index in [1.165, 1.54) is 0 Å². The Labute approximate surface area is 202 Å². The summed E-state index contributed by atoms with van der Waals surface area (Å²) < 4.78 is 54.3. The van der Waals surface area contributed by atoms with E-state index in [0.29, 0.717) is 11.9 Å². The fraction of sp³-hybridized carbons (Fsp3) is 0.250. The Balaban J connectivity index is -0.000000343. The molecule has 148 valence electrons. The minimum Gasteiger partial charge on any atom is -0.870 e. The van der Waals surface area contributed by atoms with Crippen LogP contribution in [0.2, 0.25) is 0 Å². The van der Waals surface area contributed by atoms with Crippen LogP contribution in [0.25, 0.3) is 0 Å². The zero-order chi connectivity index (χ0) is 19.2. The molecule has 11 heteroatoms. The summed E-state index contributed by atoms with van der Waals surface area (Å²) in [7, 11) is 0. The first-order valence-electron chi connectivity index (χ1n) is 6.75. The number of alkyl halides is 3. The SMILES string of the molecule is BrCCBr.Fc1ccc(F)c(OCCBr)c1.Oc1cc(F)ccc1F.[Na+].[OH-]. The topological polar surface area (TPSA) is 59.5 Å². The minimum atomic E-state index is -0.809. The number of benzene rings is 2. The number of phenols is 1. The summed E-state index contributed by atoms with van der Waals surface area (Å²) in [6.45, 7) is 0.320. The van der Waals surface area contributed by atoms with E-state index in [2.05, 4.69) is 47.8 Å². The number of phenolic OH excluding ortho intramolecular Hbond substituents is 1. The Morgan fingerprint density at radius 3 is 1.67 bits per heavy atom. The summed E-state index contributed by atoms with van der Waals surface area (Å²) in [5, 5.41) is 11.2. The Bertz CT molecular complexity index is 638. The van der Waals surface area contributed by atoms with Crippen molar-refractivity contribution in [2.24, 2.45) is 0 Å². The Morgan fingerprint density at radius 1 is 0.778 bits per heavy atom. The van der Waals surface area contributed by atoms with Crippen molar-refractivity contribution in [1.29, 1.82) is 0 Å². The molecule has 0 aliphatic heterocycles. The largest absolute Gasteiger partial charge is 1.00 e. The van der Waals surface area contributed by atoms with Gasteiger partial charge >= 0.3 is 29.6 Å². The molecule has 0 spiro atoms. The van der Waals surface area contributed by atoms with Gasteiger partial charge in [-0.1, -0.05) is 47.8 Å². The fourth-order valence-corrected chi connectivity index (χ4v) is 1.38. The van der Waals surface area contributed by atoms with Crippen LogP contribution < -0.4 is 34.3 Å². The average Bonchev–Trinajstić information content (AvgIpc) is 2.60. The first-order chi connectivity index (χ1) is 11.8. The summed E-state index contributed by atoms with van der Waals surface area (Å²) in [4.78, 5) is 0. The quantitative estimate of drug-likeness (QED) is 0.337. The summed E-state index contributed by atoms with van der Waals surface area (Å²) in [6, 6.07) is 5.64. The summed E-state index contributed by atoms with van der Waals surface area (Å²) in [5.74, 6) is -3.20. The summed E-state index contributed by atoms with van der Waals surface area (Å²) in [5.41, 5.74) is 0. The number of ether oxygens (including phenoxy) is 1. The molecular weight excluding hydrogens is 579 g/mol. The van der Waals surface area contributed by atoms with Gasteiger partial charge in [0.05, 0.1) is 6.61 Å². The number of halogens is 7. The molecular formula is C16H16Br3F4NaO3. The van der Waals surface area contributed by atoms with Gasteiger partial charge < -0.3 is 15.3 Å². The van der Waals surface area contributed by atoms with Crippen LogP contribution >= 0.6 is 47.8 Å². The number of hydrogen-bond donors (Lipinski definition) is 1. The first kappa shape index (κ1) is 31.8. The van der Waals surface area contributed by atoms with E-state index in [0.717, 1.165) is 47.1 Å². The van der Waals surface area contributed by atoms with Crippen LogP contribution in [0.4, 0.5) is 17.6 Å². The molecule has 2 rings (SSSR count). The maximum atomic E-state index is 12.8. The van der Waals surface area contributed by atoms with Gasteiger partial charge in [-0.15, -0.1) is 0 Å². The molecule has 0 atom stereocenters. The normalized spacial score (nSPS) is 8.70. The molecule has 0 amide bonds. The standard InChI is InChI=1S/C8H7BrF2O.C6H4F2O.C2H4Br2.Na.H2O/c9-3-4-12-8-5-6(10)1-2-7(8)11;7-4-1-2-5(8)6(9)3-4;3-1-2-4;;/h1-2,5H,3-4H2;1-3,9H;1-2H2;;1H2/q;;;+1;/p-1. The van der Waals surface area contributed by atoms with Crippen LogP contribution in [0.3, 0.4) is 0 Å². The molecule has 0 aliphatic carbocycles. The van der Waals surface area contributed by atoms with Crippen LogP contribution in [-0.4, -0.2) is 33.2 Å². The van der Waals surface area contributed by atoms with E-state index in [1.807, 2.05) is 0 Å². The smallest absolute Gasteiger partial charge is 0.870 e. The van der Waals surface area contributed by atoms with Crippen LogP contribution in [0.5, 0.6) is 11.5 Å². The zero-order valence-corrected chi connectivity index (χ0v) is 21.0. The van der Waals surface area contributed by atoms with E-state index in [9.17, 15) is 17.6 Å². The van der Waals surface area contributed by atoms with Crippen molar-refractivity contribution in [1.82, 2.24) is 0 Å². The van der Waals surface area contributed by atoms with Gasteiger partial charge in [-0.3, -0.25) is 0 Å². The van der Waals surface area contributed by atoms with Crippen molar-refractivity contribution >= 4 is 47.8 Å². The molecule has 0 unspecified atom stereocenters.